The minimum atomic E-state index is 0.362. The fraction of sp³-hybridized carbons (Fsp3) is 0.400. The van der Waals surface area contributed by atoms with Gasteiger partial charge in [0.05, 0.1) is 0 Å². The second kappa shape index (κ2) is 7.42. The molecule has 0 saturated heterocycles. The van der Waals surface area contributed by atoms with Crippen LogP contribution in [-0.4, -0.2) is 0 Å². The van der Waals surface area contributed by atoms with Gasteiger partial charge in [-0.2, -0.15) is 0 Å². The van der Waals surface area contributed by atoms with E-state index in [4.69, 9.17) is 0 Å². The van der Waals surface area contributed by atoms with Crippen molar-refractivity contribution in [3.63, 3.8) is 0 Å². The number of hydrogen-bond donors (Lipinski definition) is 1. The van der Waals surface area contributed by atoms with E-state index in [1.807, 2.05) is 0 Å². The molecule has 2 rings (SSSR count). The topological polar surface area (TPSA) is 12.0 Å². The fourth-order valence-electron chi connectivity index (χ4n) is 2.69. The molecule has 0 aliphatic carbocycles. The normalized spacial score (nSPS) is 13.9. The van der Waals surface area contributed by atoms with Gasteiger partial charge in [0.25, 0.3) is 0 Å². The molecule has 1 unspecified atom stereocenters. The standard InChI is InChI=1S/C20H27N/c1-5-17-9-13-19(14-10-17)20(6-2)21-16(4)18-11-7-15(3)8-12-18/h7-14,16,20-21H,5-6H2,1-4H3/t16-,20?/m1/s1. The fourth-order valence-corrected chi connectivity index (χ4v) is 2.69. The Balaban J connectivity index is 2.08. The zero-order chi connectivity index (χ0) is 15.2. The van der Waals surface area contributed by atoms with Crippen molar-refractivity contribution in [2.24, 2.45) is 0 Å². The summed E-state index contributed by atoms with van der Waals surface area (Å²) in [6.45, 7) is 8.82. The van der Waals surface area contributed by atoms with Crippen LogP contribution >= 0.6 is 0 Å². The van der Waals surface area contributed by atoms with Gasteiger partial charge in [-0.05, 0) is 43.4 Å². The molecule has 0 fully saturated rings. The first-order chi connectivity index (χ1) is 10.1. The van der Waals surface area contributed by atoms with Crippen molar-refractivity contribution in [3.05, 3.63) is 70.8 Å². The third kappa shape index (κ3) is 4.18. The molecule has 1 heteroatoms. The maximum Gasteiger partial charge on any atom is 0.0323 e. The second-order valence-corrected chi connectivity index (χ2v) is 5.86. The monoisotopic (exact) mass is 281 g/mol. The molecule has 0 spiro atoms. The minimum absolute atomic E-state index is 0.362. The Labute approximate surface area is 129 Å². The third-order valence-corrected chi connectivity index (χ3v) is 4.23. The Morgan fingerprint density at radius 1 is 0.857 bits per heavy atom. The number of nitrogens with one attached hydrogen (secondary N) is 1. The van der Waals surface area contributed by atoms with Gasteiger partial charge in [0.15, 0.2) is 0 Å². The van der Waals surface area contributed by atoms with Crippen molar-refractivity contribution in [3.8, 4) is 0 Å². The van der Waals surface area contributed by atoms with Crippen LogP contribution in [0.4, 0.5) is 0 Å². The van der Waals surface area contributed by atoms with Crippen LogP contribution in [0.25, 0.3) is 0 Å². The van der Waals surface area contributed by atoms with E-state index < -0.39 is 0 Å². The van der Waals surface area contributed by atoms with Crippen molar-refractivity contribution >= 4 is 0 Å². The van der Waals surface area contributed by atoms with E-state index in [1.165, 1.54) is 22.3 Å². The number of benzene rings is 2. The molecule has 0 aliphatic heterocycles. The molecular formula is C20H27N. The third-order valence-electron chi connectivity index (χ3n) is 4.23. The average molecular weight is 281 g/mol. The molecule has 112 valence electrons. The van der Waals surface area contributed by atoms with Crippen molar-refractivity contribution in [2.75, 3.05) is 0 Å². The molecule has 0 bridgehead atoms. The molecule has 0 saturated carbocycles. The summed E-state index contributed by atoms with van der Waals surface area (Å²) in [6.07, 6.45) is 2.20. The van der Waals surface area contributed by atoms with E-state index in [0.29, 0.717) is 12.1 Å². The zero-order valence-corrected chi connectivity index (χ0v) is 13.7. The highest BCUT2D eigenvalue weighted by Gasteiger charge is 2.13. The Hall–Kier alpha value is -1.60. The van der Waals surface area contributed by atoms with Gasteiger partial charge in [0.1, 0.15) is 0 Å². The summed E-state index contributed by atoms with van der Waals surface area (Å²) < 4.78 is 0. The summed E-state index contributed by atoms with van der Waals surface area (Å²) >= 11 is 0. The molecule has 1 nitrogen and oxygen atoms in total. The molecular weight excluding hydrogens is 254 g/mol. The lowest BCUT2D eigenvalue weighted by Crippen LogP contribution is -2.24. The van der Waals surface area contributed by atoms with Gasteiger partial charge >= 0.3 is 0 Å². The lowest BCUT2D eigenvalue weighted by Gasteiger charge is -2.23. The maximum absolute atomic E-state index is 3.76. The van der Waals surface area contributed by atoms with Crippen LogP contribution in [0.15, 0.2) is 48.5 Å². The first-order valence-electron chi connectivity index (χ1n) is 8.05. The van der Waals surface area contributed by atoms with Crippen LogP contribution in [0, 0.1) is 6.92 Å². The van der Waals surface area contributed by atoms with Crippen molar-refractivity contribution in [1.29, 1.82) is 0 Å². The lowest BCUT2D eigenvalue weighted by atomic mass is 9.99. The highest BCUT2D eigenvalue weighted by molar-refractivity contribution is 5.27. The van der Waals surface area contributed by atoms with E-state index in [9.17, 15) is 0 Å². The van der Waals surface area contributed by atoms with E-state index in [1.54, 1.807) is 0 Å². The summed E-state index contributed by atoms with van der Waals surface area (Å²) in [6, 6.07) is 18.6. The highest BCUT2D eigenvalue weighted by atomic mass is 14.9. The molecule has 0 heterocycles. The SMILES string of the molecule is CCc1ccc(C(CC)N[C@H](C)c2ccc(C)cc2)cc1. The van der Waals surface area contributed by atoms with Gasteiger partial charge in [-0.15, -0.1) is 0 Å². The van der Waals surface area contributed by atoms with Gasteiger partial charge in [0.2, 0.25) is 0 Å². The zero-order valence-electron chi connectivity index (χ0n) is 13.7. The first kappa shape index (κ1) is 15.8. The molecule has 0 radical (unpaired) electrons. The average Bonchev–Trinajstić information content (AvgIpc) is 2.53. The van der Waals surface area contributed by atoms with Crippen LogP contribution in [-0.2, 0) is 6.42 Å². The molecule has 0 amide bonds. The summed E-state index contributed by atoms with van der Waals surface area (Å²) in [5, 5.41) is 3.76. The van der Waals surface area contributed by atoms with Gasteiger partial charge < -0.3 is 5.32 Å². The molecule has 2 atom stereocenters. The predicted molar refractivity (Wildman–Crippen MR) is 91.6 cm³/mol. The van der Waals surface area contributed by atoms with Gasteiger partial charge in [-0.25, -0.2) is 0 Å². The molecule has 2 aromatic carbocycles. The molecule has 0 aliphatic rings. The van der Waals surface area contributed by atoms with E-state index in [-0.39, 0.29) is 0 Å². The lowest BCUT2D eigenvalue weighted by molar-refractivity contribution is 0.456. The van der Waals surface area contributed by atoms with Crippen LogP contribution in [0.5, 0.6) is 0 Å². The second-order valence-electron chi connectivity index (χ2n) is 5.86. The molecule has 0 aromatic heterocycles. The molecule has 21 heavy (non-hydrogen) atoms. The summed E-state index contributed by atoms with van der Waals surface area (Å²) in [5.74, 6) is 0. The van der Waals surface area contributed by atoms with Crippen molar-refractivity contribution in [1.82, 2.24) is 5.32 Å². The molecule has 1 N–H and O–H groups in total. The highest BCUT2D eigenvalue weighted by Crippen LogP contribution is 2.23. The van der Waals surface area contributed by atoms with Gasteiger partial charge in [-0.1, -0.05) is 67.9 Å². The Morgan fingerprint density at radius 3 is 1.95 bits per heavy atom. The summed E-state index contributed by atoms with van der Waals surface area (Å²) in [5.41, 5.74) is 5.45. The summed E-state index contributed by atoms with van der Waals surface area (Å²) in [4.78, 5) is 0. The van der Waals surface area contributed by atoms with E-state index in [2.05, 4.69) is 81.5 Å². The van der Waals surface area contributed by atoms with E-state index in [0.717, 1.165) is 12.8 Å². The van der Waals surface area contributed by atoms with Crippen molar-refractivity contribution in [2.45, 2.75) is 52.6 Å². The van der Waals surface area contributed by atoms with Crippen LogP contribution in [0.1, 0.15) is 61.5 Å². The van der Waals surface area contributed by atoms with E-state index >= 15 is 0 Å². The number of hydrogen-bond acceptors (Lipinski definition) is 1. The summed E-state index contributed by atoms with van der Waals surface area (Å²) in [7, 11) is 0. The number of rotatable bonds is 6. The predicted octanol–water partition coefficient (Wildman–Crippen LogP) is 5.36. The minimum Gasteiger partial charge on any atom is -0.303 e. The maximum atomic E-state index is 3.76. The van der Waals surface area contributed by atoms with Crippen molar-refractivity contribution < 1.29 is 0 Å². The number of aryl methyl sites for hydroxylation is 2. The quantitative estimate of drug-likeness (QED) is 0.751. The Morgan fingerprint density at radius 2 is 1.43 bits per heavy atom. The smallest absolute Gasteiger partial charge is 0.0323 e. The Kier molecular flexibility index (Phi) is 5.58. The van der Waals surface area contributed by atoms with Gasteiger partial charge in [0, 0.05) is 12.1 Å². The molecule has 2 aromatic rings. The van der Waals surface area contributed by atoms with Gasteiger partial charge in [-0.3, -0.25) is 0 Å². The Bertz CT molecular complexity index is 539. The van der Waals surface area contributed by atoms with Crippen LogP contribution in [0.2, 0.25) is 0 Å². The largest absolute Gasteiger partial charge is 0.303 e. The van der Waals surface area contributed by atoms with Crippen LogP contribution < -0.4 is 5.32 Å². The first-order valence-corrected chi connectivity index (χ1v) is 8.05. The van der Waals surface area contributed by atoms with Crippen LogP contribution in [0.3, 0.4) is 0 Å².